The first-order valence-corrected chi connectivity index (χ1v) is 8.76. The molecule has 0 fully saturated rings. The summed E-state index contributed by atoms with van der Waals surface area (Å²) < 4.78 is 10.5. The van der Waals surface area contributed by atoms with Gasteiger partial charge in [0.1, 0.15) is 17.2 Å². The Bertz CT molecular complexity index is 1060. The Balaban J connectivity index is 1.98. The van der Waals surface area contributed by atoms with Crippen LogP contribution in [0.15, 0.2) is 36.4 Å². The lowest BCUT2D eigenvalue weighted by Crippen LogP contribution is -2.28. The van der Waals surface area contributed by atoms with Crippen LogP contribution in [-0.2, 0) is 11.2 Å². The Labute approximate surface area is 166 Å². The number of ether oxygens (including phenoxy) is 2. The monoisotopic (exact) mass is 402 g/mol. The molecule has 0 radical (unpaired) electrons. The number of nitrogens with one attached hydrogen (secondary N) is 1. The molecule has 3 rings (SSSR count). The third kappa shape index (κ3) is 3.48. The highest BCUT2D eigenvalue weighted by Gasteiger charge is 2.23. The molecular weight excluding hydrogens is 384 g/mol. The zero-order chi connectivity index (χ0) is 20.4. The summed E-state index contributed by atoms with van der Waals surface area (Å²) in [5, 5.41) is 10.5. The molecule has 2 aromatic carbocycles. The molecule has 28 heavy (non-hydrogen) atoms. The van der Waals surface area contributed by atoms with E-state index in [1.807, 2.05) is 0 Å². The van der Waals surface area contributed by atoms with Gasteiger partial charge in [-0.25, -0.2) is 4.79 Å². The van der Waals surface area contributed by atoms with Gasteiger partial charge in [0, 0.05) is 29.6 Å². The van der Waals surface area contributed by atoms with Crippen LogP contribution in [0.2, 0.25) is 5.02 Å². The predicted octanol–water partition coefficient (Wildman–Crippen LogP) is 3.74. The van der Waals surface area contributed by atoms with Crippen LogP contribution in [0, 0.1) is 0 Å². The molecule has 1 heterocycles. The molecule has 0 aliphatic heterocycles. The molecule has 0 aliphatic carbocycles. The number of fused-ring (bicyclic) bond motifs is 1. The fourth-order valence-electron chi connectivity index (χ4n) is 3.08. The van der Waals surface area contributed by atoms with Crippen molar-refractivity contribution in [3.8, 4) is 11.5 Å². The number of rotatable bonds is 6. The zero-order valence-electron chi connectivity index (χ0n) is 15.6. The Morgan fingerprint density at radius 1 is 1.14 bits per heavy atom. The smallest absolute Gasteiger partial charge is 0.352 e. The van der Waals surface area contributed by atoms with E-state index in [0.717, 1.165) is 0 Å². The first-order valence-electron chi connectivity index (χ1n) is 8.38. The van der Waals surface area contributed by atoms with E-state index in [2.05, 4.69) is 4.98 Å². The minimum atomic E-state index is -1.12. The van der Waals surface area contributed by atoms with Gasteiger partial charge in [-0.2, -0.15) is 0 Å². The third-order valence-corrected chi connectivity index (χ3v) is 4.84. The summed E-state index contributed by atoms with van der Waals surface area (Å²) in [4.78, 5) is 28.8. The van der Waals surface area contributed by atoms with Gasteiger partial charge >= 0.3 is 5.97 Å². The summed E-state index contributed by atoms with van der Waals surface area (Å²) in [6, 6.07) is 10.3. The SMILES string of the molecule is COc1cc(OC)c(N(C)C(=O)Cc2c(C(=O)O)[nH]c3ccccc23)cc1Cl. The predicted molar refractivity (Wildman–Crippen MR) is 107 cm³/mol. The van der Waals surface area contributed by atoms with Crippen molar-refractivity contribution in [3.05, 3.63) is 52.7 Å². The maximum Gasteiger partial charge on any atom is 0.352 e. The van der Waals surface area contributed by atoms with Crippen molar-refractivity contribution in [2.45, 2.75) is 6.42 Å². The van der Waals surface area contributed by atoms with E-state index in [1.165, 1.54) is 19.1 Å². The lowest BCUT2D eigenvalue weighted by molar-refractivity contribution is -0.117. The van der Waals surface area contributed by atoms with Gasteiger partial charge in [0.25, 0.3) is 0 Å². The van der Waals surface area contributed by atoms with E-state index >= 15 is 0 Å². The van der Waals surface area contributed by atoms with Crippen LogP contribution in [0.1, 0.15) is 16.1 Å². The topological polar surface area (TPSA) is 91.9 Å². The standard InChI is InChI=1S/C20H19ClN2O5/c1-23(15-9-13(21)16(27-2)10-17(15)28-3)18(24)8-12-11-6-4-5-7-14(11)22-19(12)20(25)26/h4-7,9-10,22H,8H2,1-3H3,(H,25,26). The molecule has 7 nitrogen and oxygen atoms in total. The van der Waals surface area contributed by atoms with Crippen molar-refractivity contribution in [2.75, 3.05) is 26.2 Å². The van der Waals surface area contributed by atoms with Crippen molar-refractivity contribution in [3.63, 3.8) is 0 Å². The largest absolute Gasteiger partial charge is 0.495 e. The van der Waals surface area contributed by atoms with Crippen LogP contribution in [0.25, 0.3) is 10.9 Å². The van der Waals surface area contributed by atoms with Gasteiger partial charge in [-0.05, 0) is 12.1 Å². The summed E-state index contributed by atoms with van der Waals surface area (Å²) in [5.41, 5.74) is 1.55. The van der Waals surface area contributed by atoms with Gasteiger partial charge < -0.3 is 24.5 Å². The second kappa shape index (κ2) is 7.82. The summed E-state index contributed by atoms with van der Waals surface area (Å²) in [7, 11) is 4.55. The Morgan fingerprint density at radius 2 is 1.82 bits per heavy atom. The summed E-state index contributed by atoms with van der Waals surface area (Å²) in [6.07, 6.45) is -0.102. The Morgan fingerprint density at radius 3 is 2.46 bits per heavy atom. The molecular formula is C20H19ClN2O5. The number of methoxy groups -OCH3 is 2. The molecule has 0 unspecified atom stereocenters. The van der Waals surface area contributed by atoms with E-state index in [9.17, 15) is 14.7 Å². The summed E-state index contributed by atoms with van der Waals surface area (Å²) >= 11 is 6.19. The van der Waals surface area contributed by atoms with Crippen molar-refractivity contribution in [1.82, 2.24) is 4.98 Å². The third-order valence-electron chi connectivity index (χ3n) is 4.54. The molecule has 1 aromatic heterocycles. The number of carbonyl (C=O) groups excluding carboxylic acids is 1. The molecule has 0 saturated carbocycles. The van der Waals surface area contributed by atoms with Gasteiger partial charge in [-0.15, -0.1) is 0 Å². The van der Waals surface area contributed by atoms with E-state index in [1.54, 1.807) is 43.4 Å². The van der Waals surface area contributed by atoms with Crippen molar-refractivity contribution in [1.29, 1.82) is 0 Å². The first kappa shape index (κ1) is 19.6. The number of aromatic amines is 1. The van der Waals surface area contributed by atoms with Crippen LogP contribution >= 0.6 is 11.6 Å². The van der Waals surface area contributed by atoms with Crippen LogP contribution in [0.3, 0.4) is 0 Å². The van der Waals surface area contributed by atoms with Crippen LogP contribution in [0.4, 0.5) is 5.69 Å². The van der Waals surface area contributed by atoms with Gasteiger partial charge in [-0.1, -0.05) is 29.8 Å². The van der Waals surface area contributed by atoms with Crippen molar-refractivity contribution < 1.29 is 24.2 Å². The number of carboxylic acid groups (broad SMARTS) is 1. The number of nitrogens with zero attached hydrogens (tertiary/aromatic N) is 1. The average molecular weight is 403 g/mol. The number of anilines is 1. The van der Waals surface area contributed by atoms with Gasteiger partial charge in [0.15, 0.2) is 0 Å². The molecule has 0 atom stereocenters. The van der Waals surface area contributed by atoms with E-state index in [0.29, 0.717) is 38.7 Å². The molecule has 0 bridgehead atoms. The number of hydrogen-bond donors (Lipinski definition) is 2. The quantitative estimate of drug-likeness (QED) is 0.655. The number of likely N-dealkylation sites (N-methyl/N-ethyl adjacent to an activating group) is 1. The van der Waals surface area contributed by atoms with E-state index < -0.39 is 5.97 Å². The molecule has 146 valence electrons. The lowest BCUT2D eigenvalue weighted by atomic mass is 10.1. The number of hydrogen-bond acceptors (Lipinski definition) is 4. The fourth-order valence-corrected chi connectivity index (χ4v) is 3.31. The Hall–Kier alpha value is -3.19. The molecule has 1 amide bonds. The maximum absolute atomic E-state index is 13.0. The van der Waals surface area contributed by atoms with E-state index in [4.69, 9.17) is 21.1 Å². The Kier molecular flexibility index (Phi) is 5.46. The van der Waals surface area contributed by atoms with Gasteiger partial charge in [0.2, 0.25) is 5.91 Å². The summed E-state index contributed by atoms with van der Waals surface area (Å²) in [5.74, 6) is -0.596. The fraction of sp³-hybridized carbons (Fsp3) is 0.200. The number of H-pyrrole nitrogens is 1. The molecule has 2 N–H and O–H groups in total. The normalized spacial score (nSPS) is 10.7. The molecule has 0 saturated heterocycles. The minimum absolute atomic E-state index is 0.00248. The highest BCUT2D eigenvalue weighted by Crippen LogP contribution is 2.38. The molecule has 8 heteroatoms. The molecule has 3 aromatic rings. The number of aromatic nitrogens is 1. The van der Waals surface area contributed by atoms with Crippen molar-refractivity contribution in [2.24, 2.45) is 0 Å². The van der Waals surface area contributed by atoms with Crippen molar-refractivity contribution >= 4 is 40.1 Å². The zero-order valence-corrected chi connectivity index (χ0v) is 16.3. The number of benzene rings is 2. The van der Waals surface area contributed by atoms with E-state index in [-0.39, 0.29) is 18.0 Å². The second-order valence-electron chi connectivity index (χ2n) is 6.12. The number of halogens is 1. The van der Waals surface area contributed by atoms with Gasteiger partial charge in [-0.3, -0.25) is 4.79 Å². The highest BCUT2D eigenvalue weighted by molar-refractivity contribution is 6.32. The summed E-state index contributed by atoms with van der Waals surface area (Å²) in [6.45, 7) is 0. The number of para-hydroxylation sites is 1. The maximum atomic E-state index is 13.0. The minimum Gasteiger partial charge on any atom is -0.495 e. The van der Waals surface area contributed by atoms with Crippen LogP contribution in [-0.4, -0.2) is 43.2 Å². The first-order chi connectivity index (χ1) is 13.4. The lowest BCUT2D eigenvalue weighted by Gasteiger charge is -2.21. The van der Waals surface area contributed by atoms with Crippen LogP contribution < -0.4 is 14.4 Å². The second-order valence-corrected chi connectivity index (χ2v) is 6.52. The van der Waals surface area contributed by atoms with Gasteiger partial charge in [0.05, 0.1) is 31.4 Å². The average Bonchev–Trinajstić information content (AvgIpc) is 3.06. The molecule has 0 spiro atoms. The highest BCUT2D eigenvalue weighted by atomic mass is 35.5. The number of amides is 1. The molecule has 0 aliphatic rings. The number of carboxylic acids is 1. The number of carbonyl (C=O) groups is 2. The van der Waals surface area contributed by atoms with Crippen LogP contribution in [0.5, 0.6) is 11.5 Å². The number of aromatic carboxylic acids is 1.